The van der Waals surface area contributed by atoms with Crippen molar-refractivity contribution in [3.63, 3.8) is 0 Å². The van der Waals surface area contributed by atoms with Gasteiger partial charge in [-0.15, -0.1) is 0 Å². The van der Waals surface area contributed by atoms with E-state index in [1.165, 1.54) is 88.2 Å². The fourth-order valence-corrected chi connectivity index (χ4v) is 9.66. The van der Waals surface area contributed by atoms with Crippen molar-refractivity contribution in [2.24, 2.45) is 35.5 Å². The van der Waals surface area contributed by atoms with Crippen molar-refractivity contribution in [3.05, 3.63) is 100 Å². The Morgan fingerprint density at radius 1 is 0.474 bits per heavy atom. The van der Waals surface area contributed by atoms with Gasteiger partial charge in [0, 0.05) is 5.41 Å². The zero-order valence-corrected chi connectivity index (χ0v) is 29.2. The van der Waals surface area contributed by atoms with E-state index in [2.05, 4.69) is 62.4 Å². The number of benzene rings is 2. The molecule has 4 aliphatic rings. The van der Waals surface area contributed by atoms with Crippen LogP contribution in [0.4, 0.5) is 0 Å². The summed E-state index contributed by atoms with van der Waals surface area (Å²) in [6, 6.07) is 19.9. The van der Waals surface area contributed by atoms with Crippen LogP contribution in [0, 0.1) is 79.1 Å². The number of rotatable bonds is 4. The molecule has 2 aromatic rings. The van der Waals surface area contributed by atoms with Gasteiger partial charge in [-0.2, -0.15) is 0 Å². The Morgan fingerprint density at radius 3 is 1.16 bits per heavy atom. The molecule has 0 aliphatic heterocycles. The van der Waals surface area contributed by atoms with Crippen LogP contribution in [0.2, 0.25) is 0 Å². The van der Waals surface area contributed by atoms with Crippen LogP contribution < -0.4 is 0 Å². The molecule has 1 heteroatoms. The van der Waals surface area contributed by atoms with Crippen LogP contribution in [-0.4, -0.2) is 0 Å². The van der Waals surface area contributed by atoms with Gasteiger partial charge in [-0.25, -0.2) is 0 Å². The summed E-state index contributed by atoms with van der Waals surface area (Å²) in [4.78, 5) is 0. The summed E-state index contributed by atoms with van der Waals surface area (Å²) in [6.07, 6.45) is 17.7. The van der Waals surface area contributed by atoms with Crippen molar-refractivity contribution in [2.45, 2.75) is 96.3 Å². The summed E-state index contributed by atoms with van der Waals surface area (Å²) >= 11 is 0. The molecule has 4 fully saturated rings. The van der Waals surface area contributed by atoms with Crippen LogP contribution in [0.25, 0.3) is 0 Å². The van der Waals surface area contributed by atoms with E-state index in [-0.39, 0.29) is 61.0 Å². The number of aryl methyl sites for hydroxylation is 2. The van der Waals surface area contributed by atoms with Crippen molar-refractivity contribution < 1.29 is 25.8 Å². The fraction of sp³-hybridized carbons (Fsp3) is 0.568. The second kappa shape index (κ2) is 14.8. The molecular weight excluding hydrogens is 623 g/mol. The predicted molar refractivity (Wildman–Crippen MR) is 165 cm³/mol. The Labute approximate surface area is 257 Å². The summed E-state index contributed by atoms with van der Waals surface area (Å²) in [7, 11) is 0. The van der Waals surface area contributed by atoms with Crippen LogP contribution in [0.1, 0.15) is 99.3 Å². The van der Waals surface area contributed by atoms with E-state index in [0.29, 0.717) is 0 Å². The van der Waals surface area contributed by atoms with E-state index in [1.807, 2.05) is 0 Å². The molecule has 0 N–H and O–H groups in total. The molecule has 4 unspecified atom stereocenters. The quantitative estimate of drug-likeness (QED) is 0.223. The van der Waals surface area contributed by atoms with E-state index in [4.69, 9.17) is 0 Å². The third-order valence-electron chi connectivity index (χ3n) is 10.8. The van der Waals surface area contributed by atoms with Crippen LogP contribution in [0.15, 0.2) is 48.5 Å². The first-order valence-corrected chi connectivity index (χ1v) is 14.3. The third kappa shape index (κ3) is 5.85. The minimum atomic E-state index is 0. The average Bonchev–Trinajstić information content (AvgIpc) is 3.50. The van der Waals surface area contributed by atoms with E-state index in [9.17, 15) is 0 Å². The average molecular weight is 679 g/mol. The van der Waals surface area contributed by atoms with Crippen LogP contribution >= 0.6 is 0 Å². The van der Waals surface area contributed by atoms with E-state index >= 15 is 0 Å². The number of hydrogen-bond donors (Lipinski definition) is 0. The molecule has 38 heavy (non-hydrogen) atoms. The maximum atomic E-state index is 2.56. The summed E-state index contributed by atoms with van der Waals surface area (Å²) < 4.78 is 0. The standard InChI is InChI=1S/C33H44.4CH3.Hf/c1-23-15-19-26(20-16-23)33(25-9-3-4-10-25,27-21-17-24(2)18-22-27)32-30-13-7-5-11-28(30)29-12-6-8-14-31(29)32;;;;;/h15-22,25,28-32H,3-14H2,1-2H3;4*1H3;/q;4*-1;+4. The predicted octanol–water partition coefficient (Wildman–Crippen LogP) is 10.8. The summed E-state index contributed by atoms with van der Waals surface area (Å²) in [5, 5.41) is 0. The van der Waals surface area contributed by atoms with Crippen molar-refractivity contribution in [2.75, 3.05) is 0 Å². The first-order valence-electron chi connectivity index (χ1n) is 14.3. The van der Waals surface area contributed by atoms with Crippen molar-refractivity contribution >= 4 is 0 Å². The Bertz CT molecular complexity index is 868. The van der Waals surface area contributed by atoms with Gasteiger partial charge in [0.2, 0.25) is 0 Å². The Hall–Kier alpha value is -0.690. The molecule has 0 spiro atoms. The molecule has 6 rings (SSSR count). The van der Waals surface area contributed by atoms with Gasteiger partial charge in [0.05, 0.1) is 0 Å². The fourth-order valence-electron chi connectivity index (χ4n) is 9.66. The van der Waals surface area contributed by atoms with Gasteiger partial charge in [0.1, 0.15) is 0 Å². The molecule has 2 aromatic carbocycles. The van der Waals surface area contributed by atoms with Crippen LogP contribution in [0.3, 0.4) is 0 Å². The summed E-state index contributed by atoms with van der Waals surface area (Å²) in [6.45, 7) is 4.52. The van der Waals surface area contributed by atoms with Gasteiger partial charge in [-0.3, -0.25) is 0 Å². The second-order valence-corrected chi connectivity index (χ2v) is 12.3. The molecule has 0 saturated heterocycles. The molecule has 0 aromatic heterocycles. The van der Waals surface area contributed by atoms with Gasteiger partial charge < -0.3 is 29.7 Å². The molecule has 208 valence electrons. The molecule has 0 amide bonds. The second-order valence-electron chi connectivity index (χ2n) is 12.3. The van der Waals surface area contributed by atoms with Crippen LogP contribution in [-0.2, 0) is 31.3 Å². The first kappa shape index (κ1) is 35.3. The SMILES string of the molecule is Cc1ccc(C(c2ccc(C)cc2)(C2CCCC2)C2C3CCCCC3C3CCCCC32)cc1.[CH3-].[CH3-].[CH3-].[CH3-].[Hf+4]. The maximum absolute atomic E-state index is 2.56. The van der Waals surface area contributed by atoms with Gasteiger partial charge in [0.15, 0.2) is 0 Å². The van der Waals surface area contributed by atoms with Gasteiger partial charge in [-0.1, -0.05) is 98.2 Å². The zero-order valence-electron chi connectivity index (χ0n) is 25.6. The molecule has 0 heterocycles. The minimum Gasteiger partial charge on any atom is -0.358 e. The Balaban J connectivity index is 0.00000144. The summed E-state index contributed by atoms with van der Waals surface area (Å²) in [5.41, 5.74) is 6.32. The monoisotopic (exact) mass is 680 g/mol. The van der Waals surface area contributed by atoms with Crippen LogP contribution in [0.5, 0.6) is 0 Å². The molecular formula is C37H56Hf. The number of fused-ring (bicyclic) bond motifs is 3. The van der Waals surface area contributed by atoms with Crippen molar-refractivity contribution in [1.82, 2.24) is 0 Å². The Kier molecular flexibility index (Phi) is 13.8. The molecule has 0 bridgehead atoms. The molecule has 0 nitrogen and oxygen atoms in total. The zero-order chi connectivity index (χ0) is 22.4. The molecule has 0 radical (unpaired) electrons. The smallest absolute Gasteiger partial charge is 0.358 e. The Morgan fingerprint density at radius 2 is 0.789 bits per heavy atom. The van der Waals surface area contributed by atoms with E-state index in [0.717, 1.165) is 35.5 Å². The third-order valence-corrected chi connectivity index (χ3v) is 10.8. The minimum absolute atomic E-state index is 0. The van der Waals surface area contributed by atoms with E-state index in [1.54, 1.807) is 11.1 Å². The topological polar surface area (TPSA) is 0 Å². The molecule has 4 aliphatic carbocycles. The van der Waals surface area contributed by atoms with Crippen molar-refractivity contribution in [3.8, 4) is 0 Å². The van der Waals surface area contributed by atoms with E-state index < -0.39 is 0 Å². The maximum Gasteiger partial charge on any atom is 4.00 e. The molecule has 4 atom stereocenters. The number of hydrogen-bond acceptors (Lipinski definition) is 0. The van der Waals surface area contributed by atoms with Gasteiger partial charge in [-0.05, 0) is 99.0 Å². The van der Waals surface area contributed by atoms with Crippen molar-refractivity contribution in [1.29, 1.82) is 0 Å². The largest absolute Gasteiger partial charge is 4.00 e. The van der Waals surface area contributed by atoms with Gasteiger partial charge in [0.25, 0.3) is 0 Å². The first-order chi connectivity index (χ1) is 16.2. The normalized spacial score (nSPS) is 28.2. The summed E-state index contributed by atoms with van der Waals surface area (Å²) in [5.74, 6) is 5.53. The van der Waals surface area contributed by atoms with Gasteiger partial charge >= 0.3 is 25.8 Å². The molecule has 4 saturated carbocycles.